The van der Waals surface area contributed by atoms with E-state index in [1.807, 2.05) is 42.5 Å². The SMILES string of the molecule is O=C1CC(c2ccccc2)(c2ccc(OCCO[N+](=O)[O-])cc2)Nc2cc(=O)ccn21. The highest BCUT2D eigenvalue weighted by Gasteiger charge is 2.41. The third-order valence-electron chi connectivity index (χ3n) is 5.12. The van der Waals surface area contributed by atoms with Crippen LogP contribution in [0.4, 0.5) is 5.82 Å². The molecule has 0 saturated heterocycles. The Hall–Kier alpha value is -4.14. The van der Waals surface area contributed by atoms with Gasteiger partial charge in [-0.3, -0.25) is 14.2 Å². The summed E-state index contributed by atoms with van der Waals surface area (Å²) in [6.07, 6.45) is 1.62. The quantitative estimate of drug-likeness (QED) is 0.355. The van der Waals surface area contributed by atoms with Gasteiger partial charge >= 0.3 is 0 Å². The van der Waals surface area contributed by atoms with Crippen LogP contribution in [-0.2, 0) is 10.4 Å². The molecule has 9 heteroatoms. The van der Waals surface area contributed by atoms with E-state index in [1.54, 1.807) is 12.1 Å². The summed E-state index contributed by atoms with van der Waals surface area (Å²) in [4.78, 5) is 39.3. The summed E-state index contributed by atoms with van der Waals surface area (Å²) in [6, 6.07) is 19.4. The van der Waals surface area contributed by atoms with Crippen LogP contribution >= 0.6 is 0 Å². The largest absolute Gasteiger partial charge is 0.492 e. The maximum atomic E-state index is 13.0. The molecule has 0 aliphatic carbocycles. The molecular formula is C22H19N3O6. The predicted molar refractivity (Wildman–Crippen MR) is 112 cm³/mol. The molecule has 1 unspecified atom stereocenters. The molecule has 1 aliphatic rings. The highest BCUT2D eigenvalue weighted by Crippen LogP contribution is 2.40. The summed E-state index contributed by atoms with van der Waals surface area (Å²) in [6.45, 7) is -0.151. The van der Waals surface area contributed by atoms with E-state index in [2.05, 4.69) is 10.2 Å². The number of hydrogen-bond donors (Lipinski definition) is 1. The molecule has 1 aliphatic heterocycles. The summed E-state index contributed by atoms with van der Waals surface area (Å²) < 4.78 is 6.91. The van der Waals surface area contributed by atoms with E-state index < -0.39 is 10.6 Å². The number of pyridine rings is 1. The van der Waals surface area contributed by atoms with Gasteiger partial charge in [0.2, 0.25) is 5.91 Å². The first-order valence-corrected chi connectivity index (χ1v) is 9.58. The van der Waals surface area contributed by atoms with Gasteiger partial charge in [-0.15, -0.1) is 10.1 Å². The lowest BCUT2D eigenvalue weighted by Gasteiger charge is -2.40. The standard InChI is InChI=1S/C22H19N3O6/c26-18-10-11-24-20(14-18)23-22(15-21(24)27,16-4-2-1-3-5-16)17-6-8-19(9-7-17)30-12-13-31-25(28)29/h1-11,14,23H,12-13,15H2. The van der Waals surface area contributed by atoms with Crippen LogP contribution in [0.15, 0.2) is 77.7 Å². The molecule has 0 fully saturated rings. The van der Waals surface area contributed by atoms with Crippen molar-refractivity contribution in [1.82, 2.24) is 4.57 Å². The minimum Gasteiger partial charge on any atom is -0.492 e. The molecule has 9 nitrogen and oxygen atoms in total. The van der Waals surface area contributed by atoms with Crippen LogP contribution in [0.3, 0.4) is 0 Å². The molecule has 1 N–H and O–H groups in total. The average Bonchev–Trinajstić information content (AvgIpc) is 2.77. The number of ether oxygens (including phenoxy) is 1. The number of carbonyl (C=O) groups excluding carboxylic acids is 1. The second kappa shape index (κ2) is 8.31. The second-order valence-corrected chi connectivity index (χ2v) is 7.01. The van der Waals surface area contributed by atoms with E-state index in [1.165, 1.54) is 22.9 Å². The lowest BCUT2D eigenvalue weighted by atomic mass is 9.78. The second-order valence-electron chi connectivity index (χ2n) is 7.01. The van der Waals surface area contributed by atoms with Crippen molar-refractivity contribution < 1.29 is 19.5 Å². The fraction of sp³-hybridized carbons (Fsp3) is 0.182. The molecule has 3 aromatic rings. The smallest absolute Gasteiger partial charge is 0.294 e. The molecule has 2 aromatic carbocycles. The van der Waals surface area contributed by atoms with E-state index in [0.717, 1.165) is 11.1 Å². The summed E-state index contributed by atoms with van der Waals surface area (Å²) in [5.74, 6) is 0.789. The van der Waals surface area contributed by atoms with Gasteiger partial charge in [0, 0.05) is 18.3 Å². The number of aromatic nitrogens is 1. The average molecular weight is 421 g/mol. The van der Waals surface area contributed by atoms with Gasteiger partial charge in [0.1, 0.15) is 24.8 Å². The van der Waals surface area contributed by atoms with Crippen LogP contribution in [0.5, 0.6) is 5.75 Å². The summed E-state index contributed by atoms with van der Waals surface area (Å²) >= 11 is 0. The number of hydrogen-bond acceptors (Lipinski definition) is 7. The maximum absolute atomic E-state index is 13.0. The zero-order valence-electron chi connectivity index (χ0n) is 16.4. The summed E-state index contributed by atoms with van der Waals surface area (Å²) in [7, 11) is 0. The van der Waals surface area contributed by atoms with Crippen molar-refractivity contribution in [2.45, 2.75) is 12.0 Å². The Bertz CT molecular complexity index is 1160. The van der Waals surface area contributed by atoms with Gasteiger partial charge in [0.05, 0.1) is 12.0 Å². The van der Waals surface area contributed by atoms with Gasteiger partial charge < -0.3 is 14.9 Å². The number of anilines is 1. The van der Waals surface area contributed by atoms with Crippen LogP contribution in [0, 0.1) is 10.1 Å². The fourth-order valence-electron chi connectivity index (χ4n) is 3.71. The number of benzene rings is 2. The van der Waals surface area contributed by atoms with Crippen LogP contribution in [-0.4, -0.2) is 28.8 Å². The van der Waals surface area contributed by atoms with E-state index in [9.17, 15) is 19.7 Å². The molecule has 0 bridgehead atoms. The molecular weight excluding hydrogens is 402 g/mol. The van der Waals surface area contributed by atoms with E-state index in [4.69, 9.17) is 4.74 Å². The highest BCUT2D eigenvalue weighted by molar-refractivity contribution is 5.87. The lowest BCUT2D eigenvalue weighted by Crippen LogP contribution is -2.45. The van der Waals surface area contributed by atoms with Crippen molar-refractivity contribution in [2.75, 3.05) is 18.5 Å². The number of fused-ring (bicyclic) bond motifs is 1. The zero-order chi connectivity index (χ0) is 21.8. The minimum atomic E-state index is -0.876. The first-order chi connectivity index (χ1) is 15.0. The van der Waals surface area contributed by atoms with Gasteiger partial charge in [-0.05, 0) is 23.3 Å². The molecule has 1 atom stereocenters. The van der Waals surface area contributed by atoms with Gasteiger partial charge in [0.25, 0.3) is 5.09 Å². The molecule has 4 rings (SSSR count). The lowest BCUT2D eigenvalue weighted by molar-refractivity contribution is -0.757. The van der Waals surface area contributed by atoms with Crippen molar-refractivity contribution in [3.05, 3.63) is 104 Å². The Morgan fingerprint density at radius 3 is 2.42 bits per heavy atom. The van der Waals surface area contributed by atoms with E-state index >= 15 is 0 Å². The fourth-order valence-corrected chi connectivity index (χ4v) is 3.71. The number of rotatable bonds is 7. The Balaban J connectivity index is 1.68. The van der Waals surface area contributed by atoms with Crippen LogP contribution in [0.1, 0.15) is 22.3 Å². The first-order valence-electron chi connectivity index (χ1n) is 9.58. The number of carbonyl (C=O) groups is 1. The van der Waals surface area contributed by atoms with Gasteiger partial charge in [0.15, 0.2) is 5.43 Å². The number of nitrogens with zero attached hydrogens (tertiary/aromatic N) is 2. The molecule has 1 aromatic heterocycles. The van der Waals surface area contributed by atoms with E-state index in [-0.39, 0.29) is 31.0 Å². The molecule has 0 amide bonds. The normalized spacial score (nSPS) is 17.4. The van der Waals surface area contributed by atoms with Crippen LogP contribution in [0.2, 0.25) is 0 Å². The molecule has 158 valence electrons. The van der Waals surface area contributed by atoms with Crippen molar-refractivity contribution in [3.63, 3.8) is 0 Å². The predicted octanol–water partition coefficient (Wildman–Crippen LogP) is 2.84. The van der Waals surface area contributed by atoms with Gasteiger partial charge in [-0.1, -0.05) is 42.5 Å². The Morgan fingerprint density at radius 2 is 1.71 bits per heavy atom. The number of nitrogens with one attached hydrogen (secondary N) is 1. The Morgan fingerprint density at radius 1 is 1.00 bits per heavy atom. The summed E-state index contributed by atoms with van der Waals surface area (Å²) in [5.41, 5.74) is 0.609. The van der Waals surface area contributed by atoms with Crippen molar-refractivity contribution in [1.29, 1.82) is 0 Å². The summed E-state index contributed by atoms with van der Waals surface area (Å²) in [5, 5.41) is 12.7. The Labute approximate surface area is 177 Å². The maximum Gasteiger partial charge on any atom is 0.294 e. The zero-order valence-corrected chi connectivity index (χ0v) is 16.4. The topological polar surface area (TPSA) is 113 Å². The van der Waals surface area contributed by atoms with Gasteiger partial charge in [-0.25, -0.2) is 0 Å². The van der Waals surface area contributed by atoms with Crippen LogP contribution in [0.25, 0.3) is 0 Å². The monoisotopic (exact) mass is 421 g/mol. The highest BCUT2D eigenvalue weighted by atomic mass is 17.0. The molecule has 0 radical (unpaired) electrons. The van der Waals surface area contributed by atoms with Crippen molar-refractivity contribution in [3.8, 4) is 5.75 Å². The molecule has 0 saturated carbocycles. The molecule has 0 spiro atoms. The van der Waals surface area contributed by atoms with Gasteiger partial charge in [-0.2, -0.15) is 0 Å². The first kappa shape index (κ1) is 20.1. The molecule has 31 heavy (non-hydrogen) atoms. The Kier molecular flexibility index (Phi) is 5.40. The molecule has 2 heterocycles. The minimum absolute atomic E-state index is 0.0250. The van der Waals surface area contributed by atoms with Crippen molar-refractivity contribution in [2.24, 2.45) is 0 Å². The van der Waals surface area contributed by atoms with Crippen molar-refractivity contribution >= 4 is 11.7 Å². The van der Waals surface area contributed by atoms with E-state index in [0.29, 0.717) is 11.6 Å². The third kappa shape index (κ3) is 4.11. The third-order valence-corrected chi connectivity index (χ3v) is 5.12. The van der Waals surface area contributed by atoms with Crippen LogP contribution < -0.4 is 15.5 Å².